The maximum Gasteiger partial charge on any atom is 0.250 e. The van der Waals surface area contributed by atoms with Crippen LogP contribution in [0.3, 0.4) is 0 Å². The van der Waals surface area contributed by atoms with E-state index in [0.29, 0.717) is 0 Å². The molecule has 6 heteroatoms. The van der Waals surface area contributed by atoms with Gasteiger partial charge in [0.05, 0.1) is 14.2 Å². The monoisotopic (exact) mass is 342 g/mol. The minimum Gasteiger partial charge on any atom is -0.497 e. The average molecular weight is 342 g/mol. The normalized spacial score (nSPS) is 10.2. The van der Waals surface area contributed by atoms with Crippen molar-refractivity contribution >= 4 is 35.0 Å². The van der Waals surface area contributed by atoms with E-state index < -0.39 is 0 Å². The van der Waals surface area contributed by atoms with Gasteiger partial charge in [-0.1, -0.05) is 12.1 Å². The van der Waals surface area contributed by atoms with Crippen molar-refractivity contribution in [3.8, 4) is 11.5 Å². The summed E-state index contributed by atoms with van der Waals surface area (Å²) < 4.78 is 10.2. The van der Waals surface area contributed by atoms with Crippen molar-refractivity contribution in [2.75, 3.05) is 19.5 Å². The maximum absolute atomic E-state index is 11.9. The van der Waals surface area contributed by atoms with Crippen LogP contribution in [0.15, 0.2) is 54.6 Å². The molecule has 2 aromatic carbocycles. The van der Waals surface area contributed by atoms with Gasteiger partial charge in [-0.25, -0.2) is 0 Å². The van der Waals surface area contributed by atoms with Crippen molar-refractivity contribution in [1.29, 1.82) is 0 Å². The van der Waals surface area contributed by atoms with Crippen LogP contribution >= 0.6 is 12.2 Å². The van der Waals surface area contributed by atoms with Crippen LogP contribution in [0.4, 0.5) is 5.69 Å². The van der Waals surface area contributed by atoms with Crippen LogP contribution in [0.25, 0.3) is 6.08 Å². The molecule has 1 amide bonds. The Morgan fingerprint density at radius 2 is 1.50 bits per heavy atom. The van der Waals surface area contributed by atoms with Crippen molar-refractivity contribution < 1.29 is 14.3 Å². The third kappa shape index (κ3) is 5.40. The number of carbonyl (C=O) groups is 1. The van der Waals surface area contributed by atoms with Gasteiger partial charge in [0.15, 0.2) is 5.11 Å². The average Bonchev–Trinajstić information content (AvgIpc) is 2.61. The van der Waals surface area contributed by atoms with Gasteiger partial charge in [0.25, 0.3) is 0 Å². The highest BCUT2D eigenvalue weighted by atomic mass is 32.1. The first-order chi connectivity index (χ1) is 11.6. The van der Waals surface area contributed by atoms with E-state index in [2.05, 4.69) is 10.6 Å². The van der Waals surface area contributed by atoms with E-state index in [4.69, 9.17) is 21.7 Å². The van der Waals surface area contributed by atoms with Gasteiger partial charge in [0, 0.05) is 11.8 Å². The third-order valence-corrected chi connectivity index (χ3v) is 3.33. The second-order valence-corrected chi connectivity index (χ2v) is 5.19. The second kappa shape index (κ2) is 8.69. The largest absolute Gasteiger partial charge is 0.497 e. The van der Waals surface area contributed by atoms with Gasteiger partial charge in [-0.3, -0.25) is 10.1 Å². The molecule has 2 N–H and O–H groups in total. The van der Waals surface area contributed by atoms with Gasteiger partial charge < -0.3 is 14.8 Å². The summed E-state index contributed by atoms with van der Waals surface area (Å²) in [7, 11) is 3.21. The molecule has 0 heterocycles. The molecule has 0 aliphatic rings. The number of amides is 1. The first-order valence-electron chi connectivity index (χ1n) is 7.19. The molecule has 0 bridgehead atoms. The Balaban J connectivity index is 1.85. The van der Waals surface area contributed by atoms with Crippen LogP contribution in [-0.2, 0) is 4.79 Å². The van der Waals surface area contributed by atoms with E-state index in [-0.39, 0.29) is 11.0 Å². The van der Waals surface area contributed by atoms with E-state index in [1.54, 1.807) is 32.4 Å². The first-order valence-corrected chi connectivity index (χ1v) is 7.59. The van der Waals surface area contributed by atoms with Gasteiger partial charge in [-0.05, 0) is 60.3 Å². The molecule has 0 fully saturated rings. The topological polar surface area (TPSA) is 59.6 Å². The molecule has 2 aromatic rings. The van der Waals surface area contributed by atoms with Crippen LogP contribution in [0.1, 0.15) is 5.56 Å². The molecular weight excluding hydrogens is 324 g/mol. The van der Waals surface area contributed by atoms with E-state index >= 15 is 0 Å². The Bertz CT molecular complexity index is 725. The highest BCUT2D eigenvalue weighted by molar-refractivity contribution is 7.80. The minimum absolute atomic E-state index is 0.226. The number of hydrogen-bond donors (Lipinski definition) is 2. The summed E-state index contributed by atoms with van der Waals surface area (Å²) >= 11 is 5.11. The molecule has 0 spiro atoms. The van der Waals surface area contributed by atoms with Gasteiger partial charge in [0.2, 0.25) is 5.91 Å². The van der Waals surface area contributed by atoms with Crippen LogP contribution < -0.4 is 20.1 Å². The van der Waals surface area contributed by atoms with Gasteiger partial charge >= 0.3 is 0 Å². The fourth-order valence-electron chi connectivity index (χ4n) is 1.88. The molecule has 0 aromatic heterocycles. The predicted molar refractivity (Wildman–Crippen MR) is 99.4 cm³/mol. The molecular formula is C18H18N2O3S. The number of rotatable bonds is 5. The number of nitrogens with one attached hydrogen (secondary N) is 2. The number of benzene rings is 2. The molecule has 2 rings (SSSR count). The molecule has 5 nitrogen and oxygen atoms in total. The third-order valence-electron chi connectivity index (χ3n) is 3.13. The van der Waals surface area contributed by atoms with Crippen molar-refractivity contribution in [2.45, 2.75) is 0 Å². The number of hydrogen-bond acceptors (Lipinski definition) is 4. The molecule has 0 saturated heterocycles. The minimum atomic E-state index is -0.308. The molecule has 0 aliphatic heterocycles. The molecule has 0 saturated carbocycles. The van der Waals surface area contributed by atoms with Crippen molar-refractivity contribution in [3.05, 3.63) is 60.2 Å². The van der Waals surface area contributed by atoms with E-state index in [9.17, 15) is 4.79 Å². The summed E-state index contributed by atoms with van der Waals surface area (Å²) in [5.41, 5.74) is 1.65. The lowest BCUT2D eigenvalue weighted by atomic mass is 10.2. The van der Waals surface area contributed by atoms with Crippen LogP contribution in [0.5, 0.6) is 11.5 Å². The van der Waals surface area contributed by atoms with Gasteiger partial charge in [-0.2, -0.15) is 0 Å². The Morgan fingerprint density at radius 3 is 2.04 bits per heavy atom. The molecule has 0 radical (unpaired) electrons. The number of anilines is 1. The van der Waals surface area contributed by atoms with Crippen LogP contribution in [0, 0.1) is 0 Å². The molecule has 0 aliphatic carbocycles. The second-order valence-electron chi connectivity index (χ2n) is 4.78. The summed E-state index contributed by atoms with van der Waals surface area (Å²) in [5.74, 6) is 1.20. The Kier molecular flexibility index (Phi) is 6.33. The Morgan fingerprint density at radius 1 is 0.958 bits per heavy atom. The zero-order chi connectivity index (χ0) is 17.4. The fourth-order valence-corrected chi connectivity index (χ4v) is 2.10. The van der Waals surface area contributed by atoms with E-state index in [1.165, 1.54) is 6.08 Å². The SMILES string of the molecule is COc1ccc(/C=C/C(=O)NC(=S)Nc2ccc(OC)cc2)cc1. The Hall–Kier alpha value is -2.86. The predicted octanol–water partition coefficient (Wildman–Crippen LogP) is 3.23. The lowest BCUT2D eigenvalue weighted by molar-refractivity contribution is -0.115. The van der Waals surface area contributed by atoms with Gasteiger partial charge in [-0.15, -0.1) is 0 Å². The fraction of sp³-hybridized carbons (Fsp3) is 0.111. The number of carbonyl (C=O) groups excluding carboxylic acids is 1. The van der Waals surface area contributed by atoms with Crippen molar-refractivity contribution in [3.63, 3.8) is 0 Å². The first kappa shape index (κ1) is 17.5. The smallest absolute Gasteiger partial charge is 0.250 e. The van der Waals surface area contributed by atoms with Crippen LogP contribution in [-0.4, -0.2) is 25.2 Å². The number of ether oxygens (including phenoxy) is 2. The zero-order valence-corrected chi connectivity index (χ0v) is 14.2. The summed E-state index contributed by atoms with van der Waals surface area (Å²) in [4.78, 5) is 11.9. The van der Waals surface area contributed by atoms with Gasteiger partial charge in [0.1, 0.15) is 11.5 Å². The number of methoxy groups -OCH3 is 2. The molecule has 24 heavy (non-hydrogen) atoms. The van der Waals surface area contributed by atoms with Crippen molar-refractivity contribution in [2.24, 2.45) is 0 Å². The lowest BCUT2D eigenvalue weighted by Gasteiger charge is -2.08. The Labute approximate surface area is 146 Å². The zero-order valence-electron chi connectivity index (χ0n) is 13.4. The van der Waals surface area contributed by atoms with E-state index in [0.717, 1.165) is 22.7 Å². The van der Waals surface area contributed by atoms with Crippen molar-refractivity contribution in [1.82, 2.24) is 5.32 Å². The lowest BCUT2D eigenvalue weighted by Crippen LogP contribution is -2.32. The summed E-state index contributed by atoms with van der Waals surface area (Å²) in [6.45, 7) is 0. The summed E-state index contributed by atoms with van der Waals surface area (Å²) in [6.07, 6.45) is 3.12. The highest BCUT2D eigenvalue weighted by Crippen LogP contribution is 2.15. The molecule has 0 unspecified atom stereocenters. The molecule has 0 atom stereocenters. The van der Waals surface area contributed by atoms with E-state index in [1.807, 2.05) is 36.4 Å². The maximum atomic E-state index is 11.9. The van der Waals surface area contributed by atoms with Crippen LogP contribution in [0.2, 0.25) is 0 Å². The standard InChI is InChI=1S/C18H18N2O3S/c1-22-15-8-3-13(4-9-15)5-12-17(21)20-18(24)19-14-6-10-16(23-2)11-7-14/h3-12H,1-2H3,(H2,19,20,21,24)/b12-5+. The quantitative estimate of drug-likeness (QED) is 0.645. The highest BCUT2D eigenvalue weighted by Gasteiger charge is 2.02. The summed E-state index contributed by atoms with van der Waals surface area (Å²) in [6, 6.07) is 14.6. The summed E-state index contributed by atoms with van der Waals surface area (Å²) in [5, 5.41) is 5.75. The molecule has 124 valence electrons. The number of thiocarbonyl (C=S) groups is 1.